The SMILES string of the molecule is Cc1ccc2c(c1)-c1ccccc1[Si](c1ccccc1)(c1ccccc1)c1ccccc1[Si](c1ccccc1)(c1ccccc1)c1ccccc1-2. The highest BCUT2D eigenvalue weighted by atomic mass is 28.3. The van der Waals surface area contributed by atoms with Gasteiger partial charge in [0, 0.05) is 0 Å². The van der Waals surface area contributed by atoms with Crippen molar-refractivity contribution in [1.29, 1.82) is 0 Å². The second-order valence-corrected chi connectivity index (χ2v) is 21.1. The zero-order valence-corrected chi connectivity index (χ0v) is 30.7. The molecule has 1 aliphatic heterocycles. The Balaban J connectivity index is 1.62. The Labute approximate surface area is 303 Å². The van der Waals surface area contributed by atoms with Crippen LogP contribution >= 0.6 is 0 Å². The van der Waals surface area contributed by atoms with Crippen LogP contribution in [-0.2, 0) is 0 Å². The molecular formula is C49H38Si2. The normalized spacial score (nSPS) is 13.9. The van der Waals surface area contributed by atoms with E-state index in [9.17, 15) is 0 Å². The third-order valence-electron chi connectivity index (χ3n) is 11.0. The van der Waals surface area contributed by atoms with Crippen LogP contribution in [0.4, 0.5) is 0 Å². The average molecular weight is 683 g/mol. The largest absolute Gasteiger partial charge is 0.180 e. The van der Waals surface area contributed by atoms with Crippen LogP contribution in [0.2, 0.25) is 0 Å². The van der Waals surface area contributed by atoms with Gasteiger partial charge in [-0.2, -0.15) is 0 Å². The summed E-state index contributed by atoms with van der Waals surface area (Å²) in [5.41, 5.74) is 6.47. The fourth-order valence-electron chi connectivity index (χ4n) is 8.96. The van der Waals surface area contributed by atoms with Crippen molar-refractivity contribution in [1.82, 2.24) is 0 Å². The van der Waals surface area contributed by atoms with Crippen molar-refractivity contribution < 1.29 is 0 Å². The third kappa shape index (κ3) is 4.79. The quantitative estimate of drug-likeness (QED) is 0.189. The Morgan fingerprint density at radius 3 is 0.961 bits per heavy atom. The molecule has 0 aromatic heterocycles. The Hall–Kier alpha value is -5.81. The van der Waals surface area contributed by atoms with Crippen molar-refractivity contribution in [3.8, 4) is 22.3 Å². The van der Waals surface area contributed by atoms with E-state index in [1.807, 2.05) is 0 Å². The van der Waals surface area contributed by atoms with Gasteiger partial charge < -0.3 is 0 Å². The summed E-state index contributed by atoms with van der Waals surface area (Å²) in [5.74, 6) is 0. The van der Waals surface area contributed by atoms with Crippen LogP contribution in [0.1, 0.15) is 5.56 Å². The summed E-state index contributed by atoms with van der Waals surface area (Å²) in [6.45, 7) is 2.23. The van der Waals surface area contributed by atoms with Crippen molar-refractivity contribution in [3.63, 3.8) is 0 Å². The Morgan fingerprint density at radius 1 is 0.255 bits per heavy atom. The highest BCUT2D eigenvalue weighted by Gasteiger charge is 2.51. The zero-order valence-electron chi connectivity index (χ0n) is 28.7. The van der Waals surface area contributed by atoms with Gasteiger partial charge in [-0.15, -0.1) is 0 Å². The standard InChI is InChI=1S/C49H38Si2/c1-37-34-35-42-43-28-14-16-30-46(43)50(38-20-6-2-7-21-38,39-22-8-3-9-23-39)48-32-18-19-33-49(48)51(40-24-10-4-11-25-40,41-26-12-5-13-27-41)47-31-17-15-29-44(47)45(42)36-37/h2-36H,1H3. The molecule has 0 amide bonds. The highest BCUT2D eigenvalue weighted by Crippen LogP contribution is 2.34. The predicted molar refractivity (Wildman–Crippen MR) is 223 cm³/mol. The number of fused-ring (bicyclic) bond motifs is 6. The van der Waals surface area contributed by atoms with Gasteiger partial charge in [0.2, 0.25) is 0 Å². The highest BCUT2D eigenvalue weighted by molar-refractivity contribution is 7.27. The fourth-order valence-corrected chi connectivity index (χ4v) is 20.2. The van der Waals surface area contributed by atoms with E-state index in [0.717, 1.165) is 0 Å². The molecule has 0 saturated carbocycles. The number of hydrogen-bond donors (Lipinski definition) is 0. The molecule has 51 heavy (non-hydrogen) atoms. The maximum absolute atomic E-state index is 3.04. The molecule has 0 spiro atoms. The minimum atomic E-state index is -3.04. The van der Waals surface area contributed by atoms with Gasteiger partial charge in [-0.3, -0.25) is 0 Å². The Bertz CT molecular complexity index is 2390. The first-order chi connectivity index (χ1) is 25.2. The van der Waals surface area contributed by atoms with E-state index >= 15 is 0 Å². The number of rotatable bonds is 4. The van der Waals surface area contributed by atoms with E-state index in [1.165, 1.54) is 69.3 Å². The van der Waals surface area contributed by atoms with Crippen LogP contribution in [-0.4, -0.2) is 16.1 Å². The van der Waals surface area contributed by atoms with Crippen molar-refractivity contribution >= 4 is 57.6 Å². The molecule has 8 aromatic carbocycles. The number of aryl methyl sites for hydroxylation is 1. The summed E-state index contributed by atoms with van der Waals surface area (Å²) in [4.78, 5) is 0. The predicted octanol–water partition coefficient (Wildman–Crippen LogP) is 6.40. The van der Waals surface area contributed by atoms with E-state index in [-0.39, 0.29) is 0 Å². The summed E-state index contributed by atoms with van der Waals surface area (Å²) < 4.78 is 0. The molecule has 0 atom stereocenters. The van der Waals surface area contributed by atoms with Crippen molar-refractivity contribution in [2.75, 3.05) is 0 Å². The van der Waals surface area contributed by atoms with Crippen molar-refractivity contribution in [2.45, 2.75) is 6.92 Å². The topological polar surface area (TPSA) is 0 Å². The molecule has 9 rings (SSSR count). The lowest BCUT2D eigenvalue weighted by Crippen LogP contribution is -2.85. The molecule has 2 heteroatoms. The lowest BCUT2D eigenvalue weighted by molar-refractivity contribution is 1.46. The number of hydrogen-bond acceptors (Lipinski definition) is 0. The lowest BCUT2D eigenvalue weighted by Gasteiger charge is -2.44. The molecule has 0 N–H and O–H groups in total. The van der Waals surface area contributed by atoms with E-state index in [2.05, 4.69) is 219 Å². The van der Waals surface area contributed by atoms with E-state index in [1.54, 1.807) is 0 Å². The molecule has 1 aliphatic rings. The first kappa shape index (κ1) is 31.2. The molecule has 0 bridgehead atoms. The smallest absolute Gasteiger partial charge is 0.0624 e. The van der Waals surface area contributed by atoms with Crippen LogP contribution < -0.4 is 41.5 Å². The Morgan fingerprint density at radius 2 is 0.569 bits per heavy atom. The van der Waals surface area contributed by atoms with Gasteiger partial charge in [0.05, 0.1) is 0 Å². The lowest BCUT2D eigenvalue weighted by atomic mass is 9.93. The summed E-state index contributed by atoms with van der Waals surface area (Å²) >= 11 is 0. The second kappa shape index (κ2) is 12.8. The molecular weight excluding hydrogens is 645 g/mol. The summed E-state index contributed by atoms with van der Waals surface area (Å²) in [5, 5.41) is 11.3. The van der Waals surface area contributed by atoms with Crippen molar-refractivity contribution in [2.24, 2.45) is 0 Å². The third-order valence-corrected chi connectivity index (χ3v) is 21.0. The average Bonchev–Trinajstić information content (AvgIpc) is 3.21. The van der Waals surface area contributed by atoms with E-state index in [4.69, 9.17) is 0 Å². The maximum Gasteiger partial charge on any atom is 0.180 e. The van der Waals surface area contributed by atoms with Gasteiger partial charge in [0.25, 0.3) is 0 Å². The van der Waals surface area contributed by atoms with E-state index in [0.29, 0.717) is 0 Å². The molecule has 0 saturated heterocycles. The molecule has 0 aliphatic carbocycles. The molecule has 1 heterocycles. The Kier molecular flexibility index (Phi) is 7.84. The van der Waals surface area contributed by atoms with Gasteiger partial charge in [-0.1, -0.05) is 218 Å². The minimum absolute atomic E-state index is 1.26. The first-order valence-corrected chi connectivity index (χ1v) is 21.9. The maximum atomic E-state index is 2.49. The molecule has 0 radical (unpaired) electrons. The summed E-state index contributed by atoms with van der Waals surface area (Å²) in [6, 6.07) is 81.1. The molecule has 0 nitrogen and oxygen atoms in total. The summed E-state index contributed by atoms with van der Waals surface area (Å²) in [7, 11) is -6.08. The van der Waals surface area contributed by atoms with Crippen LogP contribution in [0.3, 0.4) is 0 Å². The van der Waals surface area contributed by atoms with Crippen LogP contribution in [0.5, 0.6) is 0 Å². The fraction of sp³-hybridized carbons (Fsp3) is 0.0204. The second-order valence-electron chi connectivity index (χ2n) is 13.6. The zero-order chi connectivity index (χ0) is 34.3. The minimum Gasteiger partial charge on any atom is -0.0624 e. The number of benzene rings is 8. The van der Waals surface area contributed by atoms with Gasteiger partial charge >= 0.3 is 0 Å². The molecule has 8 aromatic rings. The van der Waals surface area contributed by atoms with Crippen LogP contribution in [0.25, 0.3) is 22.3 Å². The molecule has 242 valence electrons. The monoisotopic (exact) mass is 682 g/mol. The summed E-state index contributed by atoms with van der Waals surface area (Å²) in [6.07, 6.45) is 0. The van der Waals surface area contributed by atoms with Gasteiger partial charge in [0.15, 0.2) is 16.1 Å². The van der Waals surface area contributed by atoms with Crippen LogP contribution in [0, 0.1) is 6.92 Å². The molecule has 0 fully saturated rings. The van der Waals surface area contributed by atoms with E-state index < -0.39 is 16.1 Å². The first-order valence-electron chi connectivity index (χ1n) is 17.9. The van der Waals surface area contributed by atoms with Gasteiger partial charge in [-0.25, -0.2) is 0 Å². The van der Waals surface area contributed by atoms with Gasteiger partial charge in [0.1, 0.15) is 0 Å². The van der Waals surface area contributed by atoms with Gasteiger partial charge in [-0.05, 0) is 70.7 Å². The van der Waals surface area contributed by atoms with Crippen molar-refractivity contribution in [3.05, 3.63) is 218 Å². The van der Waals surface area contributed by atoms with Crippen LogP contribution in [0.15, 0.2) is 212 Å². The molecule has 0 unspecified atom stereocenters.